The number of nitrogens with one attached hydrogen (secondary N) is 1. The number of aryl methyl sites for hydroxylation is 2. The van der Waals surface area contributed by atoms with Crippen molar-refractivity contribution in [3.05, 3.63) is 42.2 Å². The van der Waals surface area contributed by atoms with Crippen molar-refractivity contribution in [2.45, 2.75) is 26.4 Å². The SMILES string of the molecule is Cc1nccn1CCC(=O)NCc1noc(-c2ccc3c(c2)OCO3)n1. The molecular formula is C17H17N5O4. The lowest BCUT2D eigenvalue weighted by Gasteiger charge is -2.05. The molecule has 0 bridgehead atoms. The van der Waals surface area contributed by atoms with Gasteiger partial charge in [0.1, 0.15) is 5.82 Å². The topological polar surface area (TPSA) is 104 Å². The number of carbonyl (C=O) groups is 1. The smallest absolute Gasteiger partial charge is 0.258 e. The van der Waals surface area contributed by atoms with E-state index in [4.69, 9.17) is 14.0 Å². The first kappa shape index (κ1) is 16.1. The minimum atomic E-state index is -0.0903. The van der Waals surface area contributed by atoms with Gasteiger partial charge in [-0.2, -0.15) is 4.98 Å². The molecule has 1 aliphatic heterocycles. The van der Waals surface area contributed by atoms with Crippen molar-refractivity contribution >= 4 is 5.91 Å². The number of imidazole rings is 1. The zero-order valence-corrected chi connectivity index (χ0v) is 14.1. The van der Waals surface area contributed by atoms with Crippen LogP contribution in [0.15, 0.2) is 35.1 Å². The minimum absolute atomic E-state index is 0.0903. The number of nitrogens with zero attached hydrogens (tertiary/aromatic N) is 4. The van der Waals surface area contributed by atoms with Gasteiger partial charge in [0.25, 0.3) is 5.89 Å². The summed E-state index contributed by atoms with van der Waals surface area (Å²) in [5, 5.41) is 6.68. The van der Waals surface area contributed by atoms with E-state index in [2.05, 4.69) is 20.4 Å². The van der Waals surface area contributed by atoms with Crippen molar-refractivity contribution in [1.82, 2.24) is 25.0 Å². The predicted octanol–water partition coefficient (Wildman–Crippen LogP) is 1.68. The first-order valence-electron chi connectivity index (χ1n) is 8.16. The molecule has 4 rings (SSSR count). The largest absolute Gasteiger partial charge is 0.454 e. The van der Waals surface area contributed by atoms with Crippen molar-refractivity contribution in [2.24, 2.45) is 0 Å². The summed E-state index contributed by atoms with van der Waals surface area (Å²) >= 11 is 0. The molecule has 1 aromatic carbocycles. The van der Waals surface area contributed by atoms with Crippen LogP contribution in [-0.4, -0.2) is 32.4 Å². The molecular weight excluding hydrogens is 338 g/mol. The summed E-state index contributed by atoms with van der Waals surface area (Å²) in [7, 11) is 0. The standard InChI is InChI=1S/C17H17N5O4/c1-11-18-5-7-22(11)6-4-16(23)19-9-15-20-17(26-21-15)12-2-3-13-14(8-12)25-10-24-13/h2-3,5,7-8H,4,6,9-10H2,1H3,(H,19,23). The number of hydrogen-bond donors (Lipinski definition) is 1. The maximum absolute atomic E-state index is 12.0. The maximum Gasteiger partial charge on any atom is 0.258 e. The molecule has 0 fully saturated rings. The van der Waals surface area contributed by atoms with Gasteiger partial charge in [0.15, 0.2) is 17.3 Å². The second kappa shape index (κ2) is 6.87. The average molecular weight is 355 g/mol. The lowest BCUT2D eigenvalue weighted by Crippen LogP contribution is -2.24. The van der Waals surface area contributed by atoms with E-state index in [0.29, 0.717) is 36.2 Å². The molecule has 0 aliphatic carbocycles. The molecule has 0 saturated heterocycles. The molecule has 134 valence electrons. The van der Waals surface area contributed by atoms with Gasteiger partial charge in [-0.25, -0.2) is 4.98 Å². The molecule has 9 heteroatoms. The molecule has 1 amide bonds. The number of hydrogen-bond acceptors (Lipinski definition) is 7. The van der Waals surface area contributed by atoms with Crippen LogP contribution in [0.4, 0.5) is 0 Å². The van der Waals surface area contributed by atoms with Crippen molar-refractivity contribution in [1.29, 1.82) is 0 Å². The highest BCUT2D eigenvalue weighted by Gasteiger charge is 2.17. The Labute approximate surface area is 148 Å². The van der Waals surface area contributed by atoms with Gasteiger partial charge in [-0.15, -0.1) is 0 Å². The molecule has 1 aliphatic rings. The summed E-state index contributed by atoms with van der Waals surface area (Å²) in [4.78, 5) is 20.4. The van der Waals surface area contributed by atoms with E-state index in [9.17, 15) is 4.79 Å². The van der Waals surface area contributed by atoms with Crippen LogP contribution in [0.1, 0.15) is 18.1 Å². The Balaban J connectivity index is 1.32. The maximum atomic E-state index is 12.0. The molecule has 2 aromatic heterocycles. The predicted molar refractivity (Wildman–Crippen MR) is 89.3 cm³/mol. The van der Waals surface area contributed by atoms with Crippen LogP contribution in [0, 0.1) is 6.92 Å². The third-order valence-corrected chi connectivity index (χ3v) is 4.03. The Bertz CT molecular complexity index is 933. The van der Waals surface area contributed by atoms with Crippen molar-refractivity contribution in [3.8, 4) is 23.0 Å². The van der Waals surface area contributed by atoms with Gasteiger partial charge in [0.2, 0.25) is 12.7 Å². The number of amides is 1. The highest BCUT2D eigenvalue weighted by Crippen LogP contribution is 2.35. The molecule has 0 radical (unpaired) electrons. The van der Waals surface area contributed by atoms with Gasteiger partial charge in [0, 0.05) is 30.9 Å². The van der Waals surface area contributed by atoms with E-state index in [1.165, 1.54) is 0 Å². The molecule has 0 saturated carbocycles. The van der Waals surface area contributed by atoms with Crippen molar-refractivity contribution in [2.75, 3.05) is 6.79 Å². The van der Waals surface area contributed by atoms with E-state index >= 15 is 0 Å². The fourth-order valence-electron chi connectivity index (χ4n) is 2.60. The van der Waals surface area contributed by atoms with Crippen molar-refractivity contribution in [3.63, 3.8) is 0 Å². The summed E-state index contributed by atoms with van der Waals surface area (Å²) in [6, 6.07) is 5.39. The van der Waals surface area contributed by atoms with Crippen LogP contribution in [0.25, 0.3) is 11.5 Å². The molecule has 3 heterocycles. The highest BCUT2D eigenvalue weighted by atomic mass is 16.7. The number of carbonyl (C=O) groups excluding carboxylic acids is 1. The molecule has 3 aromatic rings. The fraction of sp³-hybridized carbons (Fsp3) is 0.294. The second-order valence-corrected chi connectivity index (χ2v) is 5.78. The van der Waals surface area contributed by atoms with Crippen LogP contribution in [0.2, 0.25) is 0 Å². The average Bonchev–Trinajstić information content (AvgIpc) is 3.38. The summed E-state index contributed by atoms with van der Waals surface area (Å²) in [5.74, 6) is 2.89. The number of aromatic nitrogens is 4. The Morgan fingerprint density at radius 3 is 3.04 bits per heavy atom. The van der Waals surface area contributed by atoms with Gasteiger partial charge in [-0.1, -0.05) is 5.16 Å². The van der Waals surface area contributed by atoms with Crippen LogP contribution in [0.5, 0.6) is 11.5 Å². The summed E-state index contributed by atoms with van der Waals surface area (Å²) in [6.07, 6.45) is 3.91. The fourth-order valence-corrected chi connectivity index (χ4v) is 2.60. The van der Waals surface area contributed by atoms with Gasteiger partial charge in [-0.3, -0.25) is 4.79 Å². The molecule has 26 heavy (non-hydrogen) atoms. The molecule has 0 atom stereocenters. The third kappa shape index (κ3) is 3.37. The quantitative estimate of drug-likeness (QED) is 0.717. The van der Waals surface area contributed by atoms with E-state index in [-0.39, 0.29) is 19.2 Å². The highest BCUT2D eigenvalue weighted by molar-refractivity contribution is 5.75. The van der Waals surface area contributed by atoms with Crippen LogP contribution in [0.3, 0.4) is 0 Å². The minimum Gasteiger partial charge on any atom is -0.454 e. The van der Waals surface area contributed by atoms with E-state index < -0.39 is 0 Å². The van der Waals surface area contributed by atoms with Crippen LogP contribution >= 0.6 is 0 Å². The van der Waals surface area contributed by atoms with E-state index in [1.54, 1.807) is 18.3 Å². The molecule has 1 N–H and O–H groups in total. The Hall–Kier alpha value is -3.36. The Morgan fingerprint density at radius 1 is 1.31 bits per heavy atom. The van der Waals surface area contributed by atoms with E-state index in [1.807, 2.05) is 23.8 Å². The third-order valence-electron chi connectivity index (χ3n) is 4.03. The number of ether oxygens (including phenoxy) is 2. The molecule has 0 unspecified atom stereocenters. The number of rotatable bonds is 6. The lowest BCUT2D eigenvalue weighted by molar-refractivity contribution is -0.121. The van der Waals surface area contributed by atoms with Crippen LogP contribution < -0.4 is 14.8 Å². The van der Waals surface area contributed by atoms with Gasteiger partial charge < -0.3 is 23.9 Å². The zero-order chi connectivity index (χ0) is 17.9. The summed E-state index contributed by atoms with van der Waals surface area (Å²) < 4.78 is 17.8. The zero-order valence-electron chi connectivity index (χ0n) is 14.1. The summed E-state index contributed by atoms with van der Waals surface area (Å²) in [6.45, 7) is 2.88. The number of benzene rings is 1. The van der Waals surface area contributed by atoms with Gasteiger partial charge in [0.05, 0.1) is 6.54 Å². The Morgan fingerprint density at radius 2 is 2.19 bits per heavy atom. The normalized spacial score (nSPS) is 12.3. The van der Waals surface area contributed by atoms with E-state index in [0.717, 1.165) is 11.4 Å². The first-order chi connectivity index (χ1) is 12.7. The van der Waals surface area contributed by atoms with Crippen molar-refractivity contribution < 1.29 is 18.8 Å². The molecule has 0 spiro atoms. The molecule has 9 nitrogen and oxygen atoms in total. The number of fused-ring (bicyclic) bond motifs is 1. The second-order valence-electron chi connectivity index (χ2n) is 5.78. The monoisotopic (exact) mass is 355 g/mol. The van der Waals surface area contributed by atoms with Gasteiger partial charge in [-0.05, 0) is 25.1 Å². The lowest BCUT2D eigenvalue weighted by atomic mass is 10.2. The first-order valence-corrected chi connectivity index (χ1v) is 8.16. The summed E-state index contributed by atoms with van der Waals surface area (Å²) in [5.41, 5.74) is 0.731. The Kier molecular flexibility index (Phi) is 4.26. The van der Waals surface area contributed by atoms with Gasteiger partial charge >= 0.3 is 0 Å². The van der Waals surface area contributed by atoms with Crippen LogP contribution in [-0.2, 0) is 17.9 Å².